The van der Waals surface area contributed by atoms with Gasteiger partial charge in [0.25, 0.3) is 5.91 Å². The molecule has 5 nitrogen and oxygen atoms in total. The van der Waals surface area contributed by atoms with Gasteiger partial charge in [0.05, 0.1) is 17.3 Å². The monoisotopic (exact) mass is 336 g/mol. The molecule has 2 aromatic heterocycles. The molecule has 0 aliphatic heterocycles. The van der Waals surface area contributed by atoms with E-state index in [4.69, 9.17) is 16.9 Å². The minimum atomic E-state index is -0.453. The summed E-state index contributed by atoms with van der Waals surface area (Å²) in [5.74, 6) is -0.327. The second kappa shape index (κ2) is 6.99. The Bertz CT molecular complexity index is 899. The molecule has 24 heavy (non-hydrogen) atoms. The largest absolute Gasteiger partial charge is 0.356 e. The number of nitrogens with one attached hydrogen (secondary N) is 2. The first kappa shape index (κ1) is 15.8. The molecule has 0 fully saturated rings. The van der Waals surface area contributed by atoms with Gasteiger partial charge < -0.3 is 10.3 Å². The highest BCUT2D eigenvalue weighted by atomic mass is 35.5. The SMILES string of the molecule is N#Cc1c[nH]c(C(=O)N[C@@H](c2cccc(Cl)c2)c2ccccn2)c1. The van der Waals surface area contributed by atoms with Gasteiger partial charge in [-0.15, -0.1) is 0 Å². The maximum Gasteiger partial charge on any atom is 0.268 e. The van der Waals surface area contributed by atoms with Gasteiger partial charge in [0.2, 0.25) is 0 Å². The summed E-state index contributed by atoms with van der Waals surface area (Å²) in [7, 11) is 0. The van der Waals surface area contributed by atoms with Crippen molar-refractivity contribution in [2.24, 2.45) is 0 Å². The fraction of sp³-hybridized carbons (Fsp3) is 0.0556. The predicted octanol–water partition coefficient (Wildman–Crippen LogP) is 3.45. The molecule has 3 rings (SSSR count). The first-order valence-corrected chi connectivity index (χ1v) is 7.61. The van der Waals surface area contributed by atoms with Crippen LogP contribution in [0.3, 0.4) is 0 Å². The summed E-state index contributed by atoms with van der Waals surface area (Å²) < 4.78 is 0. The number of carbonyl (C=O) groups is 1. The molecule has 0 spiro atoms. The first-order valence-electron chi connectivity index (χ1n) is 7.23. The second-order valence-electron chi connectivity index (χ2n) is 5.13. The van der Waals surface area contributed by atoms with Crippen molar-refractivity contribution in [2.75, 3.05) is 0 Å². The molecule has 0 radical (unpaired) electrons. The summed E-state index contributed by atoms with van der Waals surface area (Å²) in [6.45, 7) is 0. The Labute approximate surface area is 143 Å². The fourth-order valence-electron chi connectivity index (χ4n) is 2.36. The van der Waals surface area contributed by atoms with E-state index < -0.39 is 6.04 Å². The molecule has 118 valence electrons. The van der Waals surface area contributed by atoms with Gasteiger partial charge in [0, 0.05) is 17.4 Å². The van der Waals surface area contributed by atoms with Gasteiger partial charge in [-0.25, -0.2) is 0 Å². The van der Waals surface area contributed by atoms with Crippen LogP contribution in [0, 0.1) is 11.3 Å². The molecule has 1 amide bonds. The summed E-state index contributed by atoms with van der Waals surface area (Å²) in [5, 5.41) is 12.4. The van der Waals surface area contributed by atoms with Gasteiger partial charge in [-0.1, -0.05) is 29.8 Å². The number of hydrogen-bond donors (Lipinski definition) is 2. The average Bonchev–Trinajstić information content (AvgIpc) is 3.09. The lowest BCUT2D eigenvalue weighted by Crippen LogP contribution is -2.30. The Balaban J connectivity index is 1.93. The van der Waals surface area contributed by atoms with Crippen molar-refractivity contribution < 1.29 is 4.79 Å². The number of rotatable bonds is 4. The molecular formula is C18H13ClN4O. The van der Waals surface area contributed by atoms with Crippen molar-refractivity contribution in [3.05, 3.63) is 88.5 Å². The topological polar surface area (TPSA) is 81.6 Å². The third-order valence-corrected chi connectivity index (χ3v) is 3.73. The number of aromatic amines is 1. The molecule has 0 saturated carbocycles. The molecule has 0 bridgehead atoms. The van der Waals surface area contributed by atoms with Gasteiger partial charge in [-0.2, -0.15) is 5.26 Å². The van der Waals surface area contributed by atoms with Gasteiger partial charge in [0.15, 0.2) is 0 Å². The molecule has 1 atom stereocenters. The molecule has 0 aliphatic rings. The minimum absolute atomic E-state index is 0.314. The third kappa shape index (κ3) is 3.45. The lowest BCUT2D eigenvalue weighted by atomic mass is 10.0. The van der Waals surface area contributed by atoms with Crippen LogP contribution in [0.15, 0.2) is 60.9 Å². The zero-order chi connectivity index (χ0) is 16.9. The Kier molecular flexibility index (Phi) is 4.59. The van der Waals surface area contributed by atoms with E-state index in [2.05, 4.69) is 15.3 Å². The van der Waals surface area contributed by atoms with Crippen LogP contribution >= 0.6 is 11.6 Å². The highest BCUT2D eigenvalue weighted by molar-refractivity contribution is 6.30. The van der Waals surface area contributed by atoms with Crippen molar-refractivity contribution in [3.63, 3.8) is 0 Å². The Hall–Kier alpha value is -3.10. The Morgan fingerprint density at radius 3 is 2.79 bits per heavy atom. The van der Waals surface area contributed by atoms with Crippen LogP contribution < -0.4 is 5.32 Å². The number of aromatic nitrogens is 2. The van der Waals surface area contributed by atoms with E-state index >= 15 is 0 Å². The maximum absolute atomic E-state index is 12.5. The lowest BCUT2D eigenvalue weighted by molar-refractivity contribution is 0.0938. The zero-order valence-corrected chi connectivity index (χ0v) is 13.3. The van der Waals surface area contributed by atoms with E-state index in [1.807, 2.05) is 36.4 Å². The molecule has 2 N–H and O–H groups in total. The highest BCUT2D eigenvalue weighted by Gasteiger charge is 2.20. The number of hydrogen-bond acceptors (Lipinski definition) is 3. The van der Waals surface area contributed by atoms with E-state index in [-0.39, 0.29) is 5.91 Å². The predicted molar refractivity (Wildman–Crippen MR) is 90.5 cm³/mol. The number of nitriles is 1. The number of nitrogens with zero attached hydrogens (tertiary/aromatic N) is 2. The number of halogens is 1. The number of benzene rings is 1. The number of pyridine rings is 1. The van der Waals surface area contributed by atoms with Crippen LogP contribution in [0.4, 0.5) is 0 Å². The van der Waals surface area contributed by atoms with Crippen molar-refractivity contribution in [1.82, 2.24) is 15.3 Å². The number of H-pyrrole nitrogens is 1. The van der Waals surface area contributed by atoms with Gasteiger partial charge in [0.1, 0.15) is 11.8 Å². The summed E-state index contributed by atoms with van der Waals surface area (Å²) >= 11 is 6.08. The second-order valence-corrected chi connectivity index (χ2v) is 5.57. The minimum Gasteiger partial charge on any atom is -0.356 e. The van der Waals surface area contributed by atoms with E-state index in [9.17, 15) is 4.79 Å². The van der Waals surface area contributed by atoms with Crippen LogP contribution in [-0.4, -0.2) is 15.9 Å². The smallest absolute Gasteiger partial charge is 0.268 e. The number of amides is 1. The molecule has 0 unspecified atom stereocenters. The van der Waals surface area contributed by atoms with Crippen LogP contribution in [0.2, 0.25) is 5.02 Å². The van der Waals surface area contributed by atoms with Crippen LogP contribution in [-0.2, 0) is 0 Å². The molecule has 2 heterocycles. The number of carbonyl (C=O) groups excluding carboxylic acids is 1. The van der Waals surface area contributed by atoms with Crippen molar-refractivity contribution in [1.29, 1.82) is 5.26 Å². The molecule has 0 aliphatic carbocycles. The van der Waals surface area contributed by atoms with Crippen LogP contribution in [0.25, 0.3) is 0 Å². The summed E-state index contributed by atoms with van der Waals surface area (Å²) in [6, 6.07) is 15.8. The Morgan fingerprint density at radius 2 is 2.12 bits per heavy atom. The lowest BCUT2D eigenvalue weighted by Gasteiger charge is -2.18. The summed E-state index contributed by atoms with van der Waals surface area (Å²) in [5.41, 5.74) is 2.23. The Morgan fingerprint density at radius 1 is 1.25 bits per heavy atom. The van der Waals surface area contributed by atoms with Gasteiger partial charge >= 0.3 is 0 Å². The molecule has 6 heteroatoms. The third-order valence-electron chi connectivity index (χ3n) is 3.50. The van der Waals surface area contributed by atoms with Gasteiger partial charge in [-0.05, 0) is 35.9 Å². The van der Waals surface area contributed by atoms with E-state index in [1.165, 1.54) is 12.3 Å². The van der Waals surface area contributed by atoms with Crippen LogP contribution in [0.1, 0.15) is 33.4 Å². The molecular weight excluding hydrogens is 324 g/mol. The fourth-order valence-corrected chi connectivity index (χ4v) is 2.56. The van der Waals surface area contributed by atoms with Crippen molar-refractivity contribution in [3.8, 4) is 6.07 Å². The van der Waals surface area contributed by atoms with E-state index in [1.54, 1.807) is 18.3 Å². The van der Waals surface area contributed by atoms with Crippen LogP contribution in [0.5, 0.6) is 0 Å². The standard InChI is InChI=1S/C18H13ClN4O/c19-14-5-3-4-13(9-14)17(15-6-1-2-7-21-15)23-18(24)16-8-12(10-20)11-22-16/h1-9,11,17,22H,(H,23,24)/t17-/m0/s1. The quantitative estimate of drug-likeness (QED) is 0.765. The molecule has 3 aromatic rings. The zero-order valence-electron chi connectivity index (χ0n) is 12.5. The molecule has 1 aromatic carbocycles. The van der Waals surface area contributed by atoms with Crippen molar-refractivity contribution >= 4 is 17.5 Å². The van der Waals surface area contributed by atoms with E-state index in [0.717, 1.165) is 5.56 Å². The molecule has 0 saturated heterocycles. The maximum atomic E-state index is 12.5. The van der Waals surface area contributed by atoms with Gasteiger partial charge in [-0.3, -0.25) is 9.78 Å². The summed E-state index contributed by atoms with van der Waals surface area (Å²) in [4.78, 5) is 19.6. The summed E-state index contributed by atoms with van der Waals surface area (Å²) in [6.07, 6.45) is 3.16. The average molecular weight is 337 g/mol. The van der Waals surface area contributed by atoms with E-state index in [0.29, 0.717) is 22.0 Å². The first-order chi connectivity index (χ1) is 11.7. The highest BCUT2D eigenvalue weighted by Crippen LogP contribution is 2.23. The van der Waals surface area contributed by atoms with Crippen molar-refractivity contribution in [2.45, 2.75) is 6.04 Å². The normalized spacial score (nSPS) is 11.5.